The molecular formula is C13H19N3O3. The number of carbonyl (C=O) groups is 1. The summed E-state index contributed by atoms with van der Waals surface area (Å²) < 4.78 is 1.03. The zero-order valence-electron chi connectivity index (χ0n) is 11.0. The van der Waals surface area contributed by atoms with Gasteiger partial charge in [-0.25, -0.2) is 4.68 Å². The maximum atomic E-state index is 11.9. The van der Waals surface area contributed by atoms with Crippen LogP contribution in [-0.4, -0.2) is 21.7 Å². The molecule has 1 heterocycles. The number of hydrogen-bond donors (Lipinski definition) is 2. The predicted molar refractivity (Wildman–Crippen MR) is 70.9 cm³/mol. The first-order chi connectivity index (χ1) is 9.04. The summed E-state index contributed by atoms with van der Waals surface area (Å²) in [4.78, 5) is 34.4. The third-order valence-corrected chi connectivity index (χ3v) is 3.49. The van der Waals surface area contributed by atoms with Gasteiger partial charge < -0.3 is 5.32 Å². The van der Waals surface area contributed by atoms with Crippen LogP contribution < -0.4 is 16.4 Å². The molecule has 19 heavy (non-hydrogen) atoms. The number of nitrogens with one attached hydrogen (secondary N) is 2. The molecule has 0 saturated heterocycles. The third kappa shape index (κ3) is 3.81. The van der Waals surface area contributed by atoms with E-state index >= 15 is 0 Å². The van der Waals surface area contributed by atoms with Gasteiger partial charge in [-0.05, 0) is 18.8 Å². The number of carbonyl (C=O) groups excluding carboxylic acids is 1. The van der Waals surface area contributed by atoms with Gasteiger partial charge in [-0.2, -0.15) is 0 Å². The van der Waals surface area contributed by atoms with Crippen molar-refractivity contribution in [2.45, 2.75) is 45.2 Å². The molecule has 0 aromatic carbocycles. The number of H-pyrrole nitrogens is 1. The van der Waals surface area contributed by atoms with Gasteiger partial charge in [-0.1, -0.05) is 19.8 Å². The quantitative estimate of drug-likeness (QED) is 0.820. The van der Waals surface area contributed by atoms with Crippen molar-refractivity contribution in [2.75, 3.05) is 0 Å². The van der Waals surface area contributed by atoms with Crippen LogP contribution in [0, 0.1) is 5.92 Å². The highest BCUT2D eigenvalue weighted by molar-refractivity contribution is 5.75. The van der Waals surface area contributed by atoms with Gasteiger partial charge in [0, 0.05) is 18.2 Å². The number of amides is 1. The monoisotopic (exact) mass is 265 g/mol. The van der Waals surface area contributed by atoms with Crippen LogP contribution in [0.1, 0.15) is 32.6 Å². The van der Waals surface area contributed by atoms with Gasteiger partial charge >= 0.3 is 0 Å². The Balaban J connectivity index is 1.95. The zero-order valence-corrected chi connectivity index (χ0v) is 11.0. The Kier molecular flexibility index (Phi) is 4.19. The Bertz CT molecular complexity index is 561. The van der Waals surface area contributed by atoms with E-state index in [2.05, 4.69) is 17.3 Å². The molecule has 1 aromatic rings. The minimum atomic E-state index is -0.390. The number of rotatable bonds is 3. The maximum Gasteiger partial charge on any atom is 0.265 e. The normalized spacial score (nSPS) is 23.0. The lowest BCUT2D eigenvalue weighted by Gasteiger charge is -2.27. The highest BCUT2D eigenvalue weighted by atomic mass is 16.2. The first-order valence-corrected chi connectivity index (χ1v) is 6.64. The van der Waals surface area contributed by atoms with Crippen LogP contribution in [0.4, 0.5) is 0 Å². The summed E-state index contributed by atoms with van der Waals surface area (Å²) in [5.74, 6) is 0.390. The summed E-state index contributed by atoms with van der Waals surface area (Å²) in [5, 5.41) is 5.26. The van der Waals surface area contributed by atoms with Crippen LogP contribution in [0.3, 0.4) is 0 Å². The average Bonchev–Trinajstić information content (AvgIpc) is 2.34. The van der Waals surface area contributed by atoms with Gasteiger partial charge in [0.2, 0.25) is 5.91 Å². The van der Waals surface area contributed by atoms with Crippen molar-refractivity contribution in [2.24, 2.45) is 5.92 Å². The number of aromatic amines is 1. The predicted octanol–water partition coefficient (Wildman–Crippen LogP) is 0.231. The highest BCUT2D eigenvalue weighted by Crippen LogP contribution is 2.23. The van der Waals surface area contributed by atoms with Crippen molar-refractivity contribution in [3.63, 3.8) is 0 Å². The van der Waals surface area contributed by atoms with Crippen LogP contribution in [0.5, 0.6) is 0 Å². The third-order valence-electron chi connectivity index (χ3n) is 3.49. The van der Waals surface area contributed by atoms with Crippen LogP contribution in [-0.2, 0) is 11.3 Å². The molecule has 1 amide bonds. The van der Waals surface area contributed by atoms with E-state index in [1.54, 1.807) is 0 Å². The van der Waals surface area contributed by atoms with Gasteiger partial charge in [-0.3, -0.25) is 19.5 Å². The lowest BCUT2D eigenvalue weighted by molar-refractivity contribution is -0.122. The second-order valence-corrected chi connectivity index (χ2v) is 5.27. The molecule has 6 nitrogen and oxygen atoms in total. The molecule has 2 atom stereocenters. The molecule has 1 fully saturated rings. The van der Waals surface area contributed by atoms with Gasteiger partial charge in [0.1, 0.15) is 6.54 Å². The Morgan fingerprint density at radius 3 is 2.95 bits per heavy atom. The van der Waals surface area contributed by atoms with Crippen molar-refractivity contribution in [3.8, 4) is 0 Å². The highest BCUT2D eigenvalue weighted by Gasteiger charge is 2.20. The molecule has 0 spiro atoms. The fraction of sp³-hybridized carbons (Fsp3) is 0.615. The Hall–Kier alpha value is -1.85. The van der Waals surface area contributed by atoms with Gasteiger partial charge in [-0.15, -0.1) is 0 Å². The summed E-state index contributed by atoms with van der Waals surface area (Å²) in [7, 11) is 0. The molecule has 6 heteroatoms. The van der Waals surface area contributed by atoms with Crippen LogP contribution in [0.2, 0.25) is 0 Å². The largest absolute Gasteiger partial charge is 0.352 e. The van der Waals surface area contributed by atoms with Gasteiger partial charge in [0.05, 0.1) is 0 Å². The molecule has 1 saturated carbocycles. The fourth-order valence-corrected chi connectivity index (χ4v) is 2.56. The number of nitrogens with zero attached hydrogens (tertiary/aromatic N) is 1. The van der Waals surface area contributed by atoms with E-state index in [-0.39, 0.29) is 24.1 Å². The maximum absolute atomic E-state index is 11.9. The van der Waals surface area contributed by atoms with E-state index in [9.17, 15) is 14.4 Å². The van der Waals surface area contributed by atoms with Crippen molar-refractivity contribution in [3.05, 3.63) is 32.8 Å². The molecule has 1 aliphatic carbocycles. The lowest BCUT2D eigenvalue weighted by Crippen LogP contribution is -2.42. The second kappa shape index (κ2) is 5.86. The standard InChI is InChI=1S/C13H19N3O3/c1-9-3-2-4-10(7-9)14-12(18)8-16-13(19)6-5-11(17)15-16/h5-6,9-10H,2-4,7-8H2,1H3,(H,14,18)(H,15,17). The van der Waals surface area contributed by atoms with E-state index in [4.69, 9.17) is 0 Å². The molecule has 2 unspecified atom stereocenters. The van der Waals surface area contributed by atoms with E-state index in [1.165, 1.54) is 6.42 Å². The molecule has 1 aliphatic rings. The molecule has 104 valence electrons. The van der Waals surface area contributed by atoms with Crippen molar-refractivity contribution in [1.29, 1.82) is 0 Å². The zero-order chi connectivity index (χ0) is 13.8. The van der Waals surface area contributed by atoms with Crippen LogP contribution in [0.15, 0.2) is 21.7 Å². The fourth-order valence-electron chi connectivity index (χ4n) is 2.56. The first-order valence-electron chi connectivity index (χ1n) is 6.64. The smallest absolute Gasteiger partial charge is 0.265 e. The molecule has 0 bridgehead atoms. The minimum absolute atomic E-state index is 0.139. The molecule has 0 radical (unpaired) electrons. The Morgan fingerprint density at radius 1 is 1.42 bits per heavy atom. The topological polar surface area (TPSA) is 84.0 Å². The molecular weight excluding hydrogens is 246 g/mol. The second-order valence-electron chi connectivity index (χ2n) is 5.27. The van der Waals surface area contributed by atoms with Gasteiger partial charge in [0.15, 0.2) is 0 Å². The van der Waals surface area contributed by atoms with Gasteiger partial charge in [0.25, 0.3) is 11.1 Å². The summed E-state index contributed by atoms with van der Waals surface area (Å²) in [6.45, 7) is 2.04. The summed E-state index contributed by atoms with van der Waals surface area (Å²) >= 11 is 0. The first kappa shape index (κ1) is 13.6. The number of hydrogen-bond acceptors (Lipinski definition) is 3. The molecule has 0 aliphatic heterocycles. The molecule has 2 N–H and O–H groups in total. The molecule has 2 rings (SSSR count). The number of aromatic nitrogens is 2. The van der Waals surface area contributed by atoms with E-state index in [0.29, 0.717) is 5.92 Å². The van der Waals surface area contributed by atoms with Crippen LogP contribution >= 0.6 is 0 Å². The van der Waals surface area contributed by atoms with Crippen LogP contribution in [0.25, 0.3) is 0 Å². The summed E-state index contributed by atoms with van der Waals surface area (Å²) in [5.41, 5.74) is -0.773. The minimum Gasteiger partial charge on any atom is -0.352 e. The molecule has 1 aromatic heterocycles. The van der Waals surface area contributed by atoms with E-state index < -0.39 is 5.56 Å². The van der Waals surface area contributed by atoms with Crippen molar-refractivity contribution < 1.29 is 4.79 Å². The van der Waals surface area contributed by atoms with Crippen molar-refractivity contribution >= 4 is 5.91 Å². The van der Waals surface area contributed by atoms with Crippen molar-refractivity contribution in [1.82, 2.24) is 15.1 Å². The van der Waals surface area contributed by atoms with E-state index in [0.717, 1.165) is 36.1 Å². The lowest BCUT2D eigenvalue weighted by atomic mass is 9.87. The SMILES string of the molecule is CC1CCCC(NC(=O)Cn2[nH]c(=O)ccc2=O)C1. The summed E-state index contributed by atoms with van der Waals surface area (Å²) in [6, 6.07) is 2.50. The van der Waals surface area contributed by atoms with E-state index in [1.807, 2.05) is 0 Å². The Morgan fingerprint density at radius 2 is 2.21 bits per heavy atom. The summed E-state index contributed by atoms with van der Waals surface area (Å²) in [6.07, 6.45) is 4.29. The average molecular weight is 265 g/mol. The Labute approximate surface area is 110 Å².